The number of aliphatic hydroxyl groups excluding tert-OH is 1. The number of anilines is 1. The van der Waals surface area contributed by atoms with E-state index in [2.05, 4.69) is 5.32 Å². The number of alkyl halides is 3. The second-order valence-corrected chi connectivity index (χ2v) is 6.08. The number of halogens is 4. The van der Waals surface area contributed by atoms with Gasteiger partial charge in [-0.1, -0.05) is 37.3 Å². The molecule has 1 unspecified atom stereocenters. The number of aliphatic hydroxyl groups is 1. The minimum absolute atomic E-state index is 0.0256. The monoisotopic (exact) mass is 321 g/mol. The topological polar surface area (TPSA) is 32.3 Å². The fraction of sp³-hybridized carbons (Fsp3) is 0.600. The predicted molar refractivity (Wildman–Crippen MR) is 77.5 cm³/mol. The van der Waals surface area contributed by atoms with Gasteiger partial charge >= 0.3 is 6.18 Å². The number of benzene rings is 1. The van der Waals surface area contributed by atoms with Gasteiger partial charge in [0.25, 0.3) is 0 Å². The van der Waals surface area contributed by atoms with Crippen molar-refractivity contribution in [1.82, 2.24) is 0 Å². The van der Waals surface area contributed by atoms with Crippen LogP contribution in [0.3, 0.4) is 0 Å². The second-order valence-electron chi connectivity index (χ2n) is 5.65. The van der Waals surface area contributed by atoms with Crippen LogP contribution in [0.4, 0.5) is 18.9 Å². The first-order valence-electron chi connectivity index (χ1n) is 7.14. The molecule has 2 rings (SSSR count). The normalized spacial score (nSPS) is 18.0. The molecule has 0 saturated heterocycles. The molecule has 6 heteroatoms. The summed E-state index contributed by atoms with van der Waals surface area (Å²) >= 11 is 5.71. The maximum atomic E-state index is 12.7. The Balaban J connectivity index is 1.91. The molecule has 21 heavy (non-hydrogen) atoms. The maximum absolute atomic E-state index is 12.7. The lowest BCUT2D eigenvalue weighted by Crippen LogP contribution is -2.22. The van der Waals surface area contributed by atoms with Crippen LogP contribution in [0.2, 0.25) is 5.02 Å². The van der Waals surface area contributed by atoms with Gasteiger partial charge in [0.2, 0.25) is 0 Å². The van der Waals surface area contributed by atoms with Gasteiger partial charge in [0.15, 0.2) is 0 Å². The Morgan fingerprint density at radius 1 is 1.24 bits per heavy atom. The van der Waals surface area contributed by atoms with Crippen molar-refractivity contribution in [3.05, 3.63) is 28.8 Å². The van der Waals surface area contributed by atoms with Gasteiger partial charge in [0.1, 0.15) is 0 Å². The molecule has 1 aromatic carbocycles. The minimum atomic E-state index is -4.43. The molecule has 0 aromatic heterocycles. The number of rotatable bonds is 5. The molecular weight excluding hydrogens is 303 g/mol. The molecule has 0 amide bonds. The van der Waals surface area contributed by atoms with Crippen molar-refractivity contribution in [2.75, 3.05) is 11.9 Å². The van der Waals surface area contributed by atoms with E-state index >= 15 is 0 Å². The van der Waals surface area contributed by atoms with Crippen LogP contribution in [-0.4, -0.2) is 17.8 Å². The van der Waals surface area contributed by atoms with Crippen LogP contribution in [0, 0.1) is 5.92 Å². The van der Waals surface area contributed by atoms with E-state index in [0.717, 1.165) is 25.0 Å². The number of hydrogen-bond acceptors (Lipinski definition) is 2. The van der Waals surface area contributed by atoms with Gasteiger partial charge < -0.3 is 10.4 Å². The van der Waals surface area contributed by atoms with Crippen molar-refractivity contribution in [3.8, 4) is 0 Å². The first kappa shape index (κ1) is 16.4. The van der Waals surface area contributed by atoms with Crippen molar-refractivity contribution in [2.24, 2.45) is 5.92 Å². The van der Waals surface area contributed by atoms with Crippen molar-refractivity contribution >= 4 is 17.3 Å². The molecule has 1 aromatic rings. The van der Waals surface area contributed by atoms with Crippen LogP contribution >= 0.6 is 11.6 Å². The van der Waals surface area contributed by atoms with E-state index in [1.54, 1.807) is 0 Å². The fourth-order valence-corrected chi connectivity index (χ4v) is 3.04. The van der Waals surface area contributed by atoms with Gasteiger partial charge in [-0.15, -0.1) is 0 Å². The Hall–Kier alpha value is -0.940. The third-order valence-corrected chi connectivity index (χ3v) is 4.07. The fourth-order valence-electron chi connectivity index (χ4n) is 2.81. The highest BCUT2D eigenvalue weighted by atomic mass is 35.5. The van der Waals surface area contributed by atoms with Crippen molar-refractivity contribution < 1.29 is 18.3 Å². The zero-order valence-electron chi connectivity index (χ0n) is 11.6. The SMILES string of the molecule is OC(CNc1cc(Cl)cc(C(F)(F)F)c1)CC1CCCC1. The summed E-state index contributed by atoms with van der Waals surface area (Å²) in [6.07, 6.45) is 0.381. The maximum Gasteiger partial charge on any atom is 0.416 e. The molecule has 0 aliphatic heterocycles. The summed E-state index contributed by atoms with van der Waals surface area (Å²) in [6, 6.07) is 3.33. The molecule has 1 atom stereocenters. The van der Waals surface area contributed by atoms with E-state index in [0.29, 0.717) is 12.3 Å². The van der Waals surface area contributed by atoms with Gasteiger partial charge in [0, 0.05) is 17.3 Å². The largest absolute Gasteiger partial charge is 0.416 e. The molecule has 0 radical (unpaired) electrons. The van der Waals surface area contributed by atoms with E-state index in [4.69, 9.17) is 11.6 Å². The van der Waals surface area contributed by atoms with Gasteiger partial charge in [-0.3, -0.25) is 0 Å². The molecular formula is C15H19ClF3NO. The molecule has 118 valence electrons. The first-order valence-corrected chi connectivity index (χ1v) is 7.52. The molecule has 2 N–H and O–H groups in total. The summed E-state index contributed by atoms with van der Waals surface area (Å²) in [6.45, 7) is 0.230. The summed E-state index contributed by atoms with van der Waals surface area (Å²) in [5, 5.41) is 12.8. The lowest BCUT2D eigenvalue weighted by Gasteiger charge is -2.17. The highest BCUT2D eigenvalue weighted by molar-refractivity contribution is 6.30. The van der Waals surface area contributed by atoms with E-state index in [1.807, 2.05) is 0 Å². The van der Waals surface area contributed by atoms with Crippen LogP contribution in [-0.2, 0) is 6.18 Å². The van der Waals surface area contributed by atoms with Gasteiger partial charge in [-0.2, -0.15) is 13.2 Å². The van der Waals surface area contributed by atoms with Crippen LogP contribution in [0.25, 0.3) is 0 Å². The van der Waals surface area contributed by atoms with Crippen LogP contribution in [0.5, 0.6) is 0 Å². The molecule has 2 nitrogen and oxygen atoms in total. The first-order chi connectivity index (χ1) is 9.84. The number of nitrogens with one attached hydrogen (secondary N) is 1. The van der Waals surface area contributed by atoms with E-state index < -0.39 is 17.8 Å². The molecule has 1 fully saturated rings. The third-order valence-electron chi connectivity index (χ3n) is 3.85. The summed E-state index contributed by atoms with van der Waals surface area (Å²) in [5.74, 6) is 0.534. The third kappa shape index (κ3) is 5.08. The predicted octanol–water partition coefficient (Wildman–Crippen LogP) is 4.71. The molecule has 1 saturated carbocycles. The van der Waals surface area contributed by atoms with Gasteiger partial charge in [0.05, 0.1) is 11.7 Å². The van der Waals surface area contributed by atoms with Gasteiger partial charge in [-0.25, -0.2) is 0 Å². The van der Waals surface area contributed by atoms with E-state index in [9.17, 15) is 18.3 Å². The highest BCUT2D eigenvalue weighted by Crippen LogP contribution is 2.33. The van der Waals surface area contributed by atoms with Crippen molar-refractivity contribution in [1.29, 1.82) is 0 Å². The Labute approximate surface area is 127 Å². The number of hydrogen-bond donors (Lipinski definition) is 2. The summed E-state index contributed by atoms with van der Waals surface area (Å²) in [4.78, 5) is 0. The van der Waals surface area contributed by atoms with Crippen molar-refractivity contribution in [2.45, 2.75) is 44.4 Å². The molecule has 0 heterocycles. The zero-order valence-corrected chi connectivity index (χ0v) is 12.3. The highest BCUT2D eigenvalue weighted by Gasteiger charge is 2.31. The van der Waals surface area contributed by atoms with Gasteiger partial charge in [-0.05, 0) is 30.5 Å². The Kier molecular flexibility index (Phi) is 5.38. The van der Waals surface area contributed by atoms with Crippen LogP contribution in [0.1, 0.15) is 37.7 Å². The molecule has 1 aliphatic rings. The second kappa shape index (κ2) is 6.88. The van der Waals surface area contributed by atoms with Crippen LogP contribution < -0.4 is 5.32 Å². The quantitative estimate of drug-likeness (QED) is 0.823. The average Bonchev–Trinajstić information content (AvgIpc) is 2.87. The lowest BCUT2D eigenvalue weighted by atomic mass is 10.00. The Morgan fingerprint density at radius 3 is 2.52 bits per heavy atom. The zero-order chi connectivity index (χ0) is 15.5. The molecule has 0 spiro atoms. The lowest BCUT2D eigenvalue weighted by molar-refractivity contribution is -0.137. The Morgan fingerprint density at radius 2 is 1.90 bits per heavy atom. The standard InChI is InChI=1S/C15H19ClF3NO/c16-12-6-11(15(17,18)19)7-13(8-12)20-9-14(21)5-10-3-1-2-4-10/h6-8,10,14,20-21H,1-5,9H2. The Bertz CT molecular complexity index is 472. The average molecular weight is 322 g/mol. The smallest absolute Gasteiger partial charge is 0.391 e. The summed E-state index contributed by atoms with van der Waals surface area (Å²) < 4.78 is 38.0. The summed E-state index contributed by atoms with van der Waals surface area (Å²) in [7, 11) is 0. The van der Waals surface area contributed by atoms with E-state index in [-0.39, 0.29) is 17.3 Å². The minimum Gasteiger partial charge on any atom is -0.391 e. The molecule has 0 bridgehead atoms. The molecule has 1 aliphatic carbocycles. The van der Waals surface area contributed by atoms with Crippen LogP contribution in [0.15, 0.2) is 18.2 Å². The van der Waals surface area contributed by atoms with Crippen molar-refractivity contribution in [3.63, 3.8) is 0 Å². The van der Waals surface area contributed by atoms with E-state index in [1.165, 1.54) is 18.9 Å². The summed E-state index contributed by atoms with van der Waals surface area (Å²) in [5.41, 5.74) is -0.511.